The summed E-state index contributed by atoms with van der Waals surface area (Å²) in [6, 6.07) is 12.6. The van der Waals surface area contributed by atoms with Crippen LogP contribution in [0.5, 0.6) is 0 Å². The molecule has 3 saturated heterocycles. The predicted molar refractivity (Wildman–Crippen MR) is 192 cm³/mol. The molecule has 0 aliphatic carbocycles. The van der Waals surface area contributed by atoms with E-state index in [1.165, 1.54) is 14.8 Å². The third kappa shape index (κ3) is 8.08. The van der Waals surface area contributed by atoms with Gasteiger partial charge in [0.2, 0.25) is 21.9 Å². The highest BCUT2D eigenvalue weighted by molar-refractivity contribution is 7.89. The van der Waals surface area contributed by atoms with Crippen molar-refractivity contribution in [1.82, 2.24) is 34.3 Å². The minimum absolute atomic E-state index is 0.0804. The molecular formula is C35H41F3N10O4S. The van der Waals surface area contributed by atoms with Crippen molar-refractivity contribution in [3.8, 4) is 0 Å². The molecule has 53 heavy (non-hydrogen) atoms. The van der Waals surface area contributed by atoms with Crippen LogP contribution in [0.3, 0.4) is 0 Å². The van der Waals surface area contributed by atoms with Crippen molar-refractivity contribution in [2.45, 2.75) is 49.2 Å². The van der Waals surface area contributed by atoms with Crippen LogP contribution in [0.4, 0.5) is 35.4 Å². The molecule has 0 unspecified atom stereocenters. The summed E-state index contributed by atoms with van der Waals surface area (Å²) in [5, 5.41) is 10.8. The van der Waals surface area contributed by atoms with Gasteiger partial charge in [0.05, 0.1) is 16.0 Å². The molecule has 3 aliphatic rings. The first kappa shape index (κ1) is 36.5. The van der Waals surface area contributed by atoms with Crippen LogP contribution in [0.2, 0.25) is 0 Å². The Hall–Kier alpha value is -4.81. The topological polar surface area (TPSA) is 149 Å². The van der Waals surface area contributed by atoms with E-state index in [4.69, 9.17) is 0 Å². The van der Waals surface area contributed by atoms with Crippen LogP contribution in [0.1, 0.15) is 36.8 Å². The maximum atomic E-state index is 13.6. The van der Waals surface area contributed by atoms with Gasteiger partial charge in [-0.05, 0) is 68.1 Å². The Morgan fingerprint density at radius 1 is 0.943 bits per heavy atom. The number of nitrogens with zero attached hydrogens (tertiary/aromatic N) is 8. The fourth-order valence-electron chi connectivity index (χ4n) is 7.10. The fraction of sp³-hybridized carbons (Fsp3) is 0.457. The summed E-state index contributed by atoms with van der Waals surface area (Å²) in [6.45, 7) is 5.00. The van der Waals surface area contributed by atoms with Gasteiger partial charge < -0.3 is 10.2 Å². The number of aromatic nitrogens is 4. The molecule has 5 heterocycles. The van der Waals surface area contributed by atoms with E-state index in [1.54, 1.807) is 22.9 Å². The summed E-state index contributed by atoms with van der Waals surface area (Å²) in [4.78, 5) is 37.9. The largest absolute Gasteiger partial charge is 0.419 e. The quantitative estimate of drug-likeness (QED) is 0.245. The molecule has 7 rings (SSSR count). The van der Waals surface area contributed by atoms with Crippen LogP contribution in [-0.2, 0) is 34.5 Å². The number of piperidine rings is 1. The number of amides is 3. The Labute approximate surface area is 305 Å². The number of hydrogen-bond acceptors (Lipinski definition) is 10. The van der Waals surface area contributed by atoms with E-state index in [0.717, 1.165) is 74.5 Å². The Bertz CT molecular complexity index is 2080. The van der Waals surface area contributed by atoms with Crippen LogP contribution in [0.15, 0.2) is 59.8 Å². The van der Waals surface area contributed by atoms with Crippen LogP contribution >= 0.6 is 0 Å². The number of piperazine rings is 1. The third-order valence-corrected chi connectivity index (χ3v) is 12.0. The molecule has 2 aromatic carbocycles. The number of carbonyl (C=O) groups is 2. The minimum atomic E-state index is -4.51. The molecule has 3 amide bonds. The third-order valence-electron chi connectivity index (χ3n) is 10.1. The Balaban J connectivity index is 0.879. The number of hydrogen-bond donors (Lipinski definition) is 2. The number of benzene rings is 2. The number of nitrogens with one attached hydrogen (secondary N) is 2. The van der Waals surface area contributed by atoms with Gasteiger partial charge >= 0.3 is 12.2 Å². The fourth-order valence-corrected chi connectivity index (χ4v) is 8.61. The van der Waals surface area contributed by atoms with Gasteiger partial charge in [0.1, 0.15) is 0 Å². The molecule has 2 aromatic heterocycles. The SMILES string of the molecule is Cn1nc(N2CCC(=O)NC2=O)c2ccc(CCCN3CCN(c4cccc(S(=O)(=O)N5CCC(Nc6ncc(C(F)(F)F)cn6)CC5)c4)CC3)cc21. The highest BCUT2D eigenvalue weighted by atomic mass is 32.2. The van der Waals surface area contributed by atoms with Crippen LogP contribution in [0.25, 0.3) is 10.9 Å². The van der Waals surface area contributed by atoms with Crippen LogP contribution < -0.4 is 20.4 Å². The number of anilines is 3. The summed E-state index contributed by atoms with van der Waals surface area (Å²) in [5.41, 5.74) is 2.04. The lowest BCUT2D eigenvalue weighted by Gasteiger charge is -2.36. The first-order valence-electron chi connectivity index (χ1n) is 17.7. The first-order chi connectivity index (χ1) is 25.3. The summed E-state index contributed by atoms with van der Waals surface area (Å²) < 4.78 is 68.9. The molecule has 3 fully saturated rings. The van der Waals surface area contributed by atoms with Crippen LogP contribution in [0, 0.1) is 0 Å². The van der Waals surface area contributed by atoms with E-state index in [1.807, 2.05) is 19.2 Å². The highest BCUT2D eigenvalue weighted by Gasteiger charge is 2.33. The van der Waals surface area contributed by atoms with E-state index in [9.17, 15) is 31.2 Å². The lowest BCUT2D eigenvalue weighted by Crippen LogP contribution is -2.49. The highest BCUT2D eigenvalue weighted by Crippen LogP contribution is 2.30. The predicted octanol–water partition coefficient (Wildman–Crippen LogP) is 3.85. The number of carbonyl (C=O) groups excluding carboxylic acids is 2. The van der Waals surface area contributed by atoms with Gasteiger partial charge in [-0.2, -0.15) is 22.6 Å². The van der Waals surface area contributed by atoms with E-state index >= 15 is 0 Å². The molecule has 14 nitrogen and oxygen atoms in total. The van der Waals surface area contributed by atoms with Crippen molar-refractivity contribution < 1.29 is 31.2 Å². The second-order valence-corrected chi connectivity index (χ2v) is 15.5. The Morgan fingerprint density at radius 3 is 2.38 bits per heavy atom. The molecule has 4 aromatic rings. The molecular weight excluding hydrogens is 714 g/mol. The smallest absolute Gasteiger partial charge is 0.369 e. The Kier molecular flexibility index (Phi) is 10.3. The van der Waals surface area contributed by atoms with Gasteiger partial charge in [-0.15, -0.1) is 0 Å². The van der Waals surface area contributed by atoms with Crippen molar-refractivity contribution >= 4 is 50.3 Å². The lowest BCUT2D eigenvalue weighted by atomic mass is 10.1. The second-order valence-electron chi connectivity index (χ2n) is 13.6. The molecule has 0 saturated carbocycles. The molecule has 0 atom stereocenters. The molecule has 18 heteroatoms. The number of aryl methyl sites for hydroxylation is 2. The molecule has 0 spiro atoms. The van der Waals surface area contributed by atoms with Gasteiger partial charge in [0, 0.05) is 88.8 Å². The van der Waals surface area contributed by atoms with Crippen molar-refractivity contribution in [2.24, 2.45) is 7.05 Å². The average Bonchev–Trinajstić information content (AvgIpc) is 3.47. The van der Waals surface area contributed by atoms with E-state index in [0.29, 0.717) is 25.2 Å². The number of imide groups is 1. The van der Waals surface area contributed by atoms with E-state index < -0.39 is 27.8 Å². The molecule has 3 aliphatic heterocycles. The lowest BCUT2D eigenvalue weighted by molar-refractivity contribution is -0.138. The van der Waals surface area contributed by atoms with Gasteiger partial charge in [-0.1, -0.05) is 12.1 Å². The van der Waals surface area contributed by atoms with Gasteiger partial charge in [0.15, 0.2) is 5.82 Å². The number of fused-ring (bicyclic) bond motifs is 1. The van der Waals surface area contributed by atoms with Gasteiger partial charge in [-0.25, -0.2) is 23.2 Å². The standard InChI is InChI=1S/C35H41F3N10O4S/c1-44-30-20-24(7-8-29(30)32(43-44)48-15-11-31(49)42-34(48)50)4-3-12-45-16-18-46(19-17-45)27-5-2-6-28(21-27)53(51,52)47-13-9-26(10-14-47)41-33-39-22-25(23-40-33)35(36,37)38/h2,5-8,20-23,26H,3-4,9-19H2,1H3,(H,39,40,41)(H,42,49,50). The average molecular weight is 755 g/mol. The molecule has 282 valence electrons. The summed E-state index contributed by atoms with van der Waals surface area (Å²) in [6.07, 6.45) is -0.0377. The molecule has 0 radical (unpaired) electrons. The number of alkyl halides is 3. The summed E-state index contributed by atoms with van der Waals surface area (Å²) >= 11 is 0. The zero-order valence-corrected chi connectivity index (χ0v) is 30.0. The summed E-state index contributed by atoms with van der Waals surface area (Å²) in [7, 11) is -1.89. The van der Waals surface area contributed by atoms with Crippen molar-refractivity contribution in [3.05, 3.63) is 66.0 Å². The van der Waals surface area contributed by atoms with Crippen molar-refractivity contribution in [2.75, 3.05) is 67.5 Å². The van der Waals surface area contributed by atoms with Gasteiger partial charge in [0.25, 0.3) is 0 Å². The number of urea groups is 1. The molecule has 0 bridgehead atoms. The molecule has 2 N–H and O–H groups in total. The number of halogens is 3. The maximum Gasteiger partial charge on any atom is 0.419 e. The normalized spacial score (nSPS) is 18.5. The zero-order valence-electron chi connectivity index (χ0n) is 29.2. The van der Waals surface area contributed by atoms with E-state index in [2.05, 4.69) is 47.6 Å². The zero-order chi connectivity index (χ0) is 37.3. The van der Waals surface area contributed by atoms with Gasteiger partial charge in [-0.3, -0.25) is 24.6 Å². The van der Waals surface area contributed by atoms with Crippen molar-refractivity contribution in [1.29, 1.82) is 0 Å². The van der Waals surface area contributed by atoms with Crippen molar-refractivity contribution in [3.63, 3.8) is 0 Å². The second kappa shape index (κ2) is 14.9. The minimum Gasteiger partial charge on any atom is -0.369 e. The first-order valence-corrected chi connectivity index (χ1v) is 19.1. The monoisotopic (exact) mass is 754 g/mol. The Morgan fingerprint density at radius 2 is 1.68 bits per heavy atom. The number of rotatable bonds is 10. The van der Waals surface area contributed by atoms with E-state index in [-0.39, 0.29) is 42.3 Å². The van der Waals surface area contributed by atoms with Crippen LogP contribution in [-0.4, -0.2) is 108 Å². The summed E-state index contributed by atoms with van der Waals surface area (Å²) in [5.74, 6) is 0.346. The maximum absolute atomic E-state index is 13.6. The number of sulfonamides is 1.